The van der Waals surface area contributed by atoms with Crippen molar-refractivity contribution in [3.63, 3.8) is 0 Å². The molecule has 1 saturated heterocycles. The lowest BCUT2D eigenvalue weighted by Gasteiger charge is -2.33. The first-order valence-electron chi connectivity index (χ1n) is 10.5. The van der Waals surface area contributed by atoms with Gasteiger partial charge in [-0.15, -0.1) is 11.3 Å². The number of aromatic nitrogens is 2. The van der Waals surface area contributed by atoms with E-state index in [1.54, 1.807) is 4.90 Å². The zero-order chi connectivity index (χ0) is 19.4. The highest BCUT2D eigenvalue weighted by molar-refractivity contribution is 7.19. The number of hydrogen-bond donors (Lipinski definition) is 1. The first-order chi connectivity index (χ1) is 14.2. The molecule has 1 aliphatic carbocycles. The summed E-state index contributed by atoms with van der Waals surface area (Å²) < 4.78 is 11.0. The quantitative estimate of drug-likeness (QED) is 0.718. The van der Waals surface area contributed by atoms with Gasteiger partial charge in [0.2, 0.25) is 6.79 Å². The third kappa shape index (κ3) is 3.04. The van der Waals surface area contributed by atoms with Crippen LogP contribution in [0.5, 0.6) is 11.5 Å². The maximum absolute atomic E-state index is 5.53. The van der Waals surface area contributed by atoms with Gasteiger partial charge in [0.1, 0.15) is 23.0 Å². The Bertz CT molecular complexity index is 1090. The van der Waals surface area contributed by atoms with Gasteiger partial charge in [-0.2, -0.15) is 0 Å². The van der Waals surface area contributed by atoms with Crippen molar-refractivity contribution in [2.24, 2.45) is 0 Å². The van der Waals surface area contributed by atoms with Gasteiger partial charge < -0.3 is 19.3 Å². The van der Waals surface area contributed by atoms with Gasteiger partial charge in [0, 0.05) is 10.4 Å². The van der Waals surface area contributed by atoms with E-state index in [1.165, 1.54) is 51.3 Å². The molecular formula is C22H25N4O2S+. The van der Waals surface area contributed by atoms with E-state index in [1.807, 2.05) is 24.3 Å². The molecule has 0 atom stereocenters. The molecular weight excluding hydrogens is 384 g/mol. The van der Waals surface area contributed by atoms with Crippen molar-refractivity contribution in [2.75, 3.05) is 37.9 Å². The molecule has 2 aliphatic heterocycles. The van der Waals surface area contributed by atoms with Gasteiger partial charge >= 0.3 is 0 Å². The molecule has 1 N–H and O–H groups in total. The molecule has 1 aromatic carbocycles. The fourth-order valence-electron chi connectivity index (χ4n) is 4.86. The molecule has 7 heteroatoms. The molecule has 3 aromatic rings. The summed E-state index contributed by atoms with van der Waals surface area (Å²) in [7, 11) is 0. The molecule has 0 saturated carbocycles. The Labute approximate surface area is 174 Å². The smallest absolute Gasteiger partial charge is 0.231 e. The second-order valence-corrected chi connectivity index (χ2v) is 9.32. The van der Waals surface area contributed by atoms with Crippen molar-refractivity contribution in [3.05, 3.63) is 40.0 Å². The largest absolute Gasteiger partial charge is 0.454 e. The lowest BCUT2D eigenvalue weighted by atomic mass is 10.1. The highest BCUT2D eigenvalue weighted by Crippen LogP contribution is 2.40. The van der Waals surface area contributed by atoms with Crippen molar-refractivity contribution in [1.82, 2.24) is 9.97 Å². The van der Waals surface area contributed by atoms with Gasteiger partial charge in [-0.05, 0) is 49.9 Å². The maximum Gasteiger partial charge on any atom is 0.231 e. The number of ether oxygens (including phenoxy) is 2. The number of nitrogens with one attached hydrogen (secondary N) is 1. The predicted molar refractivity (Wildman–Crippen MR) is 113 cm³/mol. The average molecular weight is 410 g/mol. The molecule has 1 fully saturated rings. The summed E-state index contributed by atoms with van der Waals surface area (Å²) in [5.41, 5.74) is 2.84. The van der Waals surface area contributed by atoms with Crippen LogP contribution >= 0.6 is 11.3 Å². The van der Waals surface area contributed by atoms with Crippen LogP contribution in [0.3, 0.4) is 0 Å². The lowest BCUT2D eigenvalue weighted by Crippen LogP contribution is -3.13. The first kappa shape index (κ1) is 17.5. The fourth-order valence-corrected chi connectivity index (χ4v) is 6.16. The van der Waals surface area contributed by atoms with Crippen LogP contribution < -0.4 is 19.3 Å². The van der Waals surface area contributed by atoms with E-state index in [4.69, 9.17) is 19.4 Å². The molecule has 0 bridgehead atoms. The Hall–Kier alpha value is -2.38. The summed E-state index contributed by atoms with van der Waals surface area (Å²) in [5, 5.41) is 1.34. The van der Waals surface area contributed by atoms with Crippen LogP contribution in [0.1, 0.15) is 28.2 Å². The predicted octanol–water partition coefficient (Wildman–Crippen LogP) is 2.12. The Kier molecular flexibility index (Phi) is 4.13. The number of thiophene rings is 1. The molecule has 3 aliphatic rings. The third-order valence-electron chi connectivity index (χ3n) is 6.32. The van der Waals surface area contributed by atoms with Crippen LogP contribution in [-0.2, 0) is 19.4 Å². The van der Waals surface area contributed by atoms with Crippen LogP contribution in [0.4, 0.5) is 5.82 Å². The molecule has 0 unspecified atom stereocenters. The second kappa shape index (κ2) is 6.85. The molecule has 150 valence electrons. The van der Waals surface area contributed by atoms with Gasteiger partial charge in [-0.1, -0.05) is 0 Å². The van der Waals surface area contributed by atoms with E-state index in [0.717, 1.165) is 50.0 Å². The second-order valence-electron chi connectivity index (χ2n) is 8.23. The number of anilines is 1. The van der Waals surface area contributed by atoms with Crippen LogP contribution in [0, 0.1) is 6.92 Å². The average Bonchev–Trinajstić information content (AvgIpc) is 3.43. The van der Waals surface area contributed by atoms with E-state index in [9.17, 15) is 0 Å². The molecule has 0 amide bonds. The molecule has 6 nitrogen and oxygen atoms in total. The van der Waals surface area contributed by atoms with E-state index < -0.39 is 0 Å². The Balaban J connectivity index is 1.20. The summed E-state index contributed by atoms with van der Waals surface area (Å²) in [6.07, 6.45) is 3.67. The van der Waals surface area contributed by atoms with Gasteiger partial charge in [0.05, 0.1) is 31.6 Å². The number of hydrogen-bond acceptors (Lipinski definition) is 6. The molecule has 2 aromatic heterocycles. The molecule has 0 spiro atoms. The van der Waals surface area contributed by atoms with Crippen molar-refractivity contribution in [3.8, 4) is 11.5 Å². The van der Waals surface area contributed by atoms with E-state index in [0.29, 0.717) is 6.79 Å². The zero-order valence-corrected chi connectivity index (χ0v) is 17.5. The lowest BCUT2D eigenvalue weighted by molar-refractivity contribution is -0.914. The topological polar surface area (TPSA) is 51.9 Å². The van der Waals surface area contributed by atoms with Crippen LogP contribution in [0.15, 0.2) is 18.2 Å². The first-order valence-corrected chi connectivity index (χ1v) is 11.3. The minimum absolute atomic E-state index is 0.337. The number of rotatable bonds is 3. The highest BCUT2D eigenvalue weighted by atomic mass is 32.1. The summed E-state index contributed by atoms with van der Waals surface area (Å²) in [4.78, 5) is 16.5. The highest BCUT2D eigenvalue weighted by Gasteiger charge is 2.28. The van der Waals surface area contributed by atoms with E-state index >= 15 is 0 Å². The number of aryl methyl sites for hydroxylation is 3. The molecule has 4 heterocycles. The number of nitrogens with zero attached hydrogens (tertiary/aromatic N) is 3. The number of fused-ring (bicyclic) bond motifs is 4. The normalized spacial score (nSPS) is 18.6. The fraction of sp³-hybridized carbons (Fsp3) is 0.455. The third-order valence-corrected chi connectivity index (χ3v) is 7.50. The van der Waals surface area contributed by atoms with Crippen LogP contribution in [-0.4, -0.2) is 42.9 Å². The van der Waals surface area contributed by atoms with Crippen molar-refractivity contribution in [2.45, 2.75) is 32.7 Å². The zero-order valence-electron chi connectivity index (χ0n) is 16.7. The molecule has 6 rings (SSSR count). The summed E-state index contributed by atoms with van der Waals surface area (Å²) in [5.74, 6) is 3.81. The number of quaternary nitrogens is 1. The van der Waals surface area contributed by atoms with Crippen molar-refractivity contribution >= 4 is 27.4 Å². The number of benzene rings is 1. The Morgan fingerprint density at radius 2 is 1.97 bits per heavy atom. The van der Waals surface area contributed by atoms with E-state index in [-0.39, 0.29) is 0 Å². The SMILES string of the molecule is Cc1nc(N2CC[NH+](Cc3ccc4c(c3)OCO4)CC2)c2c3c(sc2n1)CCC3. The standard InChI is InChI=1S/C22H24N4O2S/c1-14-23-21(20-16-3-2-4-19(16)29-22(20)24-14)26-9-7-25(8-10-26)12-15-5-6-17-18(11-15)28-13-27-17/h5-6,11H,2-4,7-10,12-13H2,1H3/p+1. The van der Waals surface area contributed by atoms with Crippen LogP contribution in [0.25, 0.3) is 10.2 Å². The van der Waals surface area contributed by atoms with Gasteiger partial charge in [0.15, 0.2) is 11.5 Å². The van der Waals surface area contributed by atoms with Gasteiger partial charge in [0.25, 0.3) is 0 Å². The summed E-state index contributed by atoms with van der Waals surface area (Å²) in [6.45, 7) is 7.69. The number of piperazine rings is 1. The molecule has 0 radical (unpaired) electrons. The molecule has 29 heavy (non-hydrogen) atoms. The minimum Gasteiger partial charge on any atom is -0.454 e. The Morgan fingerprint density at radius 3 is 2.86 bits per heavy atom. The summed E-state index contributed by atoms with van der Waals surface area (Å²) in [6, 6.07) is 6.33. The maximum atomic E-state index is 5.53. The van der Waals surface area contributed by atoms with Crippen molar-refractivity contribution in [1.29, 1.82) is 0 Å². The van der Waals surface area contributed by atoms with E-state index in [2.05, 4.69) is 17.0 Å². The Morgan fingerprint density at radius 1 is 1.10 bits per heavy atom. The van der Waals surface area contributed by atoms with Gasteiger partial charge in [-0.3, -0.25) is 0 Å². The summed E-state index contributed by atoms with van der Waals surface area (Å²) >= 11 is 1.89. The van der Waals surface area contributed by atoms with Gasteiger partial charge in [-0.25, -0.2) is 9.97 Å². The monoisotopic (exact) mass is 409 g/mol. The van der Waals surface area contributed by atoms with Crippen molar-refractivity contribution < 1.29 is 14.4 Å². The van der Waals surface area contributed by atoms with Crippen LogP contribution in [0.2, 0.25) is 0 Å². The minimum atomic E-state index is 0.337.